The van der Waals surface area contributed by atoms with Gasteiger partial charge in [-0.3, -0.25) is 19.3 Å². The summed E-state index contributed by atoms with van der Waals surface area (Å²) < 4.78 is 0. The summed E-state index contributed by atoms with van der Waals surface area (Å²) >= 11 is 1.83. The van der Waals surface area contributed by atoms with E-state index in [-0.39, 0.29) is 23.5 Å². The number of carbonyl (C=O) groups is 3. The Morgan fingerprint density at radius 3 is 2.41 bits per heavy atom. The Balaban J connectivity index is 1.47. The van der Waals surface area contributed by atoms with E-state index >= 15 is 0 Å². The molecule has 2 amide bonds. The van der Waals surface area contributed by atoms with Crippen LogP contribution in [0.25, 0.3) is 0 Å². The number of amides is 2. The maximum absolute atomic E-state index is 13.8. The van der Waals surface area contributed by atoms with E-state index in [9.17, 15) is 14.4 Å². The van der Waals surface area contributed by atoms with Crippen molar-refractivity contribution in [3.05, 3.63) is 65.7 Å². The summed E-state index contributed by atoms with van der Waals surface area (Å²) in [7, 11) is 0. The molecular weight excluding hydrogens is 482 g/mol. The van der Waals surface area contributed by atoms with Crippen molar-refractivity contribution in [2.45, 2.75) is 75.4 Å². The predicted octanol–water partition coefficient (Wildman–Crippen LogP) is 4.83. The van der Waals surface area contributed by atoms with Gasteiger partial charge >= 0.3 is 0 Å². The highest BCUT2D eigenvalue weighted by Crippen LogP contribution is 2.30. The molecule has 6 nitrogen and oxygen atoms in total. The smallest absolute Gasteiger partial charge is 0.252 e. The van der Waals surface area contributed by atoms with Gasteiger partial charge in [-0.05, 0) is 48.9 Å². The minimum atomic E-state index is -0.987. The number of hydrogen-bond donors (Lipinski definition) is 2. The van der Waals surface area contributed by atoms with Crippen LogP contribution >= 0.6 is 11.8 Å². The van der Waals surface area contributed by atoms with Gasteiger partial charge in [-0.15, -0.1) is 11.8 Å². The van der Waals surface area contributed by atoms with E-state index in [2.05, 4.69) is 47.6 Å². The van der Waals surface area contributed by atoms with Crippen molar-refractivity contribution in [1.82, 2.24) is 15.5 Å². The van der Waals surface area contributed by atoms with Crippen molar-refractivity contribution in [1.29, 1.82) is 0 Å². The second kappa shape index (κ2) is 12.7. The van der Waals surface area contributed by atoms with E-state index in [1.807, 2.05) is 36.0 Å². The topological polar surface area (TPSA) is 78.5 Å². The van der Waals surface area contributed by atoms with E-state index < -0.39 is 11.6 Å². The monoisotopic (exact) mass is 521 g/mol. The predicted molar refractivity (Wildman–Crippen MR) is 149 cm³/mol. The normalized spacial score (nSPS) is 18.4. The molecule has 2 N–H and O–H groups in total. The molecule has 1 atom stereocenters. The molecule has 1 aliphatic carbocycles. The lowest BCUT2D eigenvalue weighted by Crippen LogP contribution is -2.62. The summed E-state index contributed by atoms with van der Waals surface area (Å²) in [6.45, 7) is 5.99. The number of benzene rings is 2. The van der Waals surface area contributed by atoms with Gasteiger partial charge in [-0.2, -0.15) is 0 Å². The number of fused-ring (bicyclic) bond motifs is 1. The minimum Gasteiger partial charge on any atom is -0.344 e. The number of carbonyl (C=O) groups excluding carboxylic acids is 3. The average Bonchev–Trinajstić information content (AvgIpc) is 3.10. The first-order valence-corrected chi connectivity index (χ1v) is 14.5. The van der Waals surface area contributed by atoms with Crippen LogP contribution in [0, 0.1) is 5.92 Å². The second-order valence-electron chi connectivity index (χ2n) is 10.8. The maximum atomic E-state index is 13.8. The van der Waals surface area contributed by atoms with Crippen molar-refractivity contribution in [2.75, 3.05) is 18.8 Å². The van der Waals surface area contributed by atoms with E-state index in [4.69, 9.17) is 0 Å². The zero-order valence-electron chi connectivity index (χ0n) is 22.0. The Bertz CT molecular complexity index is 1080. The highest BCUT2D eigenvalue weighted by Gasteiger charge is 2.42. The van der Waals surface area contributed by atoms with Gasteiger partial charge in [0.15, 0.2) is 5.78 Å². The van der Waals surface area contributed by atoms with Crippen LogP contribution in [0.15, 0.2) is 59.5 Å². The molecule has 2 aliphatic rings. The summed E-state index contributed by atoms with van der Waals surface area (Å²) in [5, 5.41) is 6.18. The number of hydrogen-bond acceptors (Lipinski definition) is 5. The number of nitrogens with one attached hydrogen (secondary N) is 2. The molecule has 0 spiro atoms. The molecule has 1 fully saturated rings. The summed E-state index contributed by atoms with van der Waals surface area (Å²) in [6.07, 6.45) is 4.53. The fourth-order valence-corrected chi connectivity index (χ4v) is 6.39. The zero-order chi connectivity index (χ0) is 26.3. The van der Waals surface area contributed by atoms with Gasteiger partial charge in [-0.1, -0.05) is 69.5 Å². The fraction of sp³-hybridized carbons (Fsp3) is 0.500. The quantitative estimate of drug-likeness (QED) is 0.494. The van der Waals surface area contributed by atoms with Gasteiger partial charge in [0.1, 0.15) is 5.54 Å². The zero-order valence-corrected chi connectivity index (χ0v) is 22.8. The summed E-state index contributed by atoms with van der Waals surface area (Å²) in [5.41, 5.74) is 0.792. The first-order valence-electron chi connectivity index (χ1n) is 13.5. The van der Waals surface area contributed by atoms with Crippen LogP contribution in [0.1, 0.15) is 68.3 Å². The van der Waals surface area contributed by atoms with Crippen molar-refractivity contribution in [3.63, 3.8) is 0 Å². The lowest BCUT2D eigenvalue weighted by molar-refractivity contribution is -0.133. The van der Waals surface area contributed by atoms with Crippen LogP contribution in [0.5, 0.6) is 0 Å². The number of nitrogens with zero attached hydrogens (tertiary/aromatic N) is 1. The molecule has 1 aliphatic heterocycles. The van der Waals surface area contributed by atoms with Gasteiger partial charge in [0.25, 0.3) is 5.91 Å². The van der Waals surface area contributed by atoms with Crippen LogP contribution in [-0.2, 0) is 16.1 Å². The van der Waals surface area contributed by atoms with Crippen LogP contribution in [0.4, 0.5) is 0 Å². The molecule has 7 heteroatoms. The maximum Gasteiger partial charge on any atom is 0.252 e. The molecule has 4 rings (SSSR count). The molecule has 1 saturated carbocycles. The summed E-state index contributed by atoms with van der Waals surface area (Å²) in [5.74, 6) is 0.736. The standard InChI is InChI=1S/C30H39N3O3S/c1-22(2)19-25(26(34)21-33-17-18-37-27-14-8-7-13-24(27)20-33)31-29(36)30(15-9-4-10-16-30)32-28(35)23-11-5-3-6-12-23/h3,5-8,11-14,22,25H,4,9-10,15-21H2,1-2H3,(H,31,36)(H,32,35)/t25-/m0/s1. The van der Waals surface area contributed by atoms with E-state index in [1.165, 1.54) is 10.5 Å². The Labute approximate surface area is 225 Å². The average molecular weight is 522 g/mol. The molecule has 2 aromatic rings. The molecule has 0 aromatic heterocycles. The van der Waals surface area contributed by atoms with E-state index in [0.29, 0.717) is 31.4 Å². The first-order chi connectivity index (χ1) is 17.9. The molecule has 2 aromatic carbocycles. The Kier molecular flexibility index (Phi) is 9.43. The number of Topliss-reactive ketones (excluding diaryl/α,β-unsaturated/α-hetero) is 1. The Morgan fingerprint density at radius 1 is 0.973 bits per heavy atom. The van der Waals surface area contributed by atoms with Gasteiger partial charge in [-0.25, -0.2) is 0 Å². The van der Waals surface area contributed by atoms with Gasteiger partial charge in [0, 0.05) is 29.3 Å². The third kappa shape index (κ3) is 7.23. The highest BCUT2D eigenvalue weighted by atomic mass is 32.2. The number of thioether (sulfide) groups is 1. The minimum absolute atomic E-state index is 0.0341. The Morgan fingerprint density at radius 2 is 1.68 bits per heavy atom. The van der Waals surface area contributed by atoms with Crippen molar-refractivity contribution in [3.8, 4) is 0 Å². The lowest BCUT2D eigenvalue weighted by Gasteiger charge is -2.38. The first kappa shape index (κ1) is 27.4. The lowest BCUT2D eigenvalue weighted by atomic mass is 9.80. The van der Waals surface area contributed by atoms with Gasteiger partial charge in [0.05, 0.1) is 12.6 Å². The van der Waals surface area contributed by atoms with Crippen LogP contribution in [-0.4, -0.2) is 52.9 Å². The number of ketones is 1. The van der Waals surface area contributed by atoms with Gasteiger partial charge < -0.3 is 10.6 Å². The van der Waals surface area contributed by atoms with Crippen LogP contribution in [0.3, 0.4) is 0 Å². The largest absolute Gasteiger partial charge is 0.344 e. The second-order valence-corrected chi connectivity index (χ2v) is 11.9. The Hall–Kier alpha value is -2.64. The SMILES string of the molecule is CC(C)C[C@H](NC(=O)C1(NC(=O)c2ccccc2)CCCCC1)C(=O)CN1CCSc2ccccc2C1. The highest BCUT2D eigenvalue weighted by molar-refractivity contribution is 7.99. The molecule has 0 bridgehead atoms. The van der Waals surface area contributed by atoms with Gasteiger partial charge in [0.2, 0.25) is 5.91 Å². The molecule has 0 saturated heterocycles. The van der Waals surface area contributed by atoms with E-state index in [0.717, 1.165) is 38.1 Å². The molecule has 37 heavy (non-hydrogen) atoms. The van der Waals surface area contributed by atoms with Crippen LogP contribution in [0.2, 0.25) is 0 Å². The van der Waals surface area contributed by atoms with Crippen molar-refractivity contribution >= 4 is 29.4 Å². The molecule has 1 heterocycles. The molecule has 0 unspecified atom stereocenters. The molecule has 0 radical (unpaired) electrons. The molecular formula is C30H39N3O3S. The third-order valence-corrected chi connectivity index (χ3v) is 8.44. The van der Waals surface area contributed by atoms with Crippen LogP contribution < -0.4 is 10.6 Å². The number of rotatable bonds is 9. The summed E-state index contributed by atoms with van der Waals surface area (Å²) in [6, 6.07) is 16.8. The summed E-state index contributed by atoms with van der Waals surface area (Å²) in [4.78, 5) is 43.9. The van der Waals surface area contributed by atoms with Crippen molar-refractivity contribution < 1.29 is 14.4 Å². The molecule has 198 valence electrons. The van der Waals surface area contributed by atoms with E-state index in [1.54, 1.807) is 12.1 Å². The van der Waals surface area contributed by atoms with Crippen molar-refractivity contribution in [2.24, 2.45) is 5.92 Å². The third-order valence-electron chi connectivity index (χ3n) is 7.34. The fourth-order valence-electron chi connectivity index (χ4n) is 5.33.